The highest BCUT2D eigenvalue weighted by Gasteiger charge is 2.31. The summed E-state index contributed by atoms with van der Waals surface area (Å²) in [5.41, 5.74) is 13.1. The molecule has 9 aromatic rings. The summed E-state index contributed by atoms with van der Waals surface area (Å²) in [6.45, 7) is 0. The van der Waals surface area contributed by atoms with Gasteiger partial charge in [-0.05, 0) is 77.2 Å². The van der Waals surface area contributed by atoms with E-state index in [1.54, 1.807) is 0 Å². The molecule has 1 aliphatic heterocycles. The fraction of sp³-hybridized carbons (Fsp3) is 0.0204. The normalized spacial score (nSPS) is 12.1. The minimum Gasteiger partial charge on any atom is -0.309 e. The number of nitrogens with zero attached hydrogens (tertiary/aromatic N) is 3. The minimum atomic E-state index is 0.881. The summed E-state index contributed by atoms with van der Waals surface area (Å²) < 4.78 is 2.44. The fourth-order valence-electron chi connectivity index (χ4n) is 8.08. The van der Waals surface area contributed by atoms with Crippen LogP contribution in [0.15, 0.2) is 200 Å². The van der Waals surface area contributed by atoms with Crippen LogP contribution in [0.5, 0.6) is 0 Å². The van der Waals surface area contributed by atoms with Gasteiger partial charge < -0.3 is 4.90 Å². The highest BCUT2D eigenvalue weighted by atomic mass is 15.3. The lowest BCUT2D eigenvalue weighted by molar-refractivity contribution is 1.01. The van der Waals surface area contributed by atoms with E-state index in [0.29, 0.717) is 0 Å². The van der Waals surface area contributed by atoms with Crippen molar-refractivity contribution in [3.8, 4) is 16.8 Å². The second kappa shape index (κ2) is 12.5. The van der Waals surface area contributed by atoms with Gasteiger partial charge >= 0.3 is 0 Å². The second-order valence-electron chi connectivity index (χ2n) is 13.4. The number of rotatable bonds is 6. The standard InChI is InChI=1S/C49H35N3/c1-3-16-35(17-4-1)41-24-10-13-27-46(41)50(47-29-15-20-36-18-7-9-23-42(36)47)39-30-32-40(33-31-39)51-45-26-12-8-19-37(45)34-44-43-25-11-14-28-48(43)52(49(44)51)38-21-5-2-6-22-38/h1-33H,34H2. The van der Waals surface area contributed by atoms with E-state index in [1.807, 2.05) is 0 Å². The number of anilines is 6. The van der Waals surface area contributed by atoms with Crippen LogP contribution < -0.4 is 9.80 Å². The molecule has 3 heteroatoms. The van der Waals surface area contributed by atoms with Gasteiger partial charge in [0, 0.05) is 45.4 Å². The SMILES string of the molecule is c1ccc(-c2ccccc2N(c2ccc(N3c4ccccc4Cc4c3n(-c3ccccc3)c3ccccc43)cc2)c2cccc3ccccc23)cc1. The highest BCUT2D eigenvalue weighted by Crippen LogP contribution is 2.50. The molecule has 0 bridgehead atoms. The van der Waals surface area contributed by atoms with Crippen molar-refractivity contribution in [1.82, 2.24) is 4.57 Å². The van der Waals surface area contributed by atoms with Crippen molar-refractivity contribution < 1.29 is 0 Å². The Hall–Kier alpha value is -6.84. The molecule has 52 heavy (non-hydrogen) atoms. The smallest absolute Gasteiger partial charge is 0.127 e. The van der Waals surface area contributed by atoms with Gasteiger partial charge in [0.1, 0.15) is 5.82 Å². The monoisotopic (exact) mass is 665 g/mol. The Morgan fingerprint density at radius 3 is 1.92 bits per heavy atom. The van der Waals surface area contributed by atoms with E-state index in [1.165, 1.54) is 55.4 Å². The topological polar surface area (TPSA) is 11.4 Å². The third kappa shape index (κ3) is 4.90. The Kier molecular flexibility index (Phi) is 7.21. The van der Waals surface area contributed by atoms with E-state index in [9.17, 15) is 0 Å². The molecule has 10 rings (SSSR count). The maximum absolute atomic E-state index is 2.46. The Labute approximate surface area is 303 Å². The summed E-state index contributed by atoms with van der Waals surface area (Å²) in [6.07, 6.45) is 0.881. The Morgan fingerprint density at radius 1 is 0.442 bits per heavy atom. The fourth-order valence-corrected chi connectivity index (χ4v) is 8.08. The third-order valence-electron chi connectivity index (χ3n) is 10.4. The lowest BCUT2D eigenvalue weighted by Gasteiger charge is -2.34. The van der Waals surface area contributed by atoms with Gasteiger partial charge in [0.2, 0.25) is 0 Å². The molecule has 2 heterocycles. The number of fused-ring (bicyclic) bond motifs is 5. The summed E-state index contributed by atoms with van der Waals surface area (Å²) in [5.74, 6) is 1.19. The van der Waals surface area contributed by atoms with E-state index in [2.05, 4.69) is 215 Å². The molecule has 0 atom stereocenters. The lowest BCUT2D eigenvalue weighted by atomic mass is 9.96. The molecule has 8 aromatic carbocycles. The molecule has 0 N–H and O–H groups in total. The molecular formula is C49H35N3. The quantitative estimate of drug-likeness (QED) is 0.175. The third-order valence-corrected chi connectivity index (χ3v) is 10.4. The van der Waals surface area contributed by atoms with Crippen molar-refractivity contribution in [1.29, 1.82) is 0 Å². The molecule has 0 unspecified atom stereocenters. The molecular weight excluding hydrogens is 631 g/mol. The summed E-state index contributed by atoms with van der Waals surface area (Å²) >= 11 is 0. The molecule has 0 fully saturated rings. The summed E-state index contributed by atoms with van der Waals surface area (Å²) in [7, 11) is 0. The predicted molar refractivity (Wildman–Crippen MR) is 218 cm³/mol. The van der Waals surface area contributed by atoms with Crippen LogP contribution in [0.25, 0.3) is 38.5 Å². The van der Waals surface area contributed by atoms with Crippen LogP contribution in [0.4, 0.5) is 34.3 Å². The first-order valence-corrected chi connectivity index (χ1v) is 17.9. The maximum atomic E-state index is 2.46. The van der Waals surface area contributed by atoms with Crippen LogP contribution in [0.2, 0.25) is 0 Å². The Morgan fingerprint density at radius 2 is 1.08 bits per heavy atom. The summed E-state index contributed by atoms with van der Waals surface area (Å²) in [5, 5.41) is 3.71. The van der Waals surface area contributed by atoms with E-state index in [0.717, 1.165) is 34.9 Å². The Bertz CT molecular complexity index is 2700. The lowest BCUT2D eigenvalue weighted by Crippen LogP contribution is -2.21. The first-order chi connectivity index (χ1) is 25.8. The van der Waals surface area contributed by atoms with Gasteiger partial charge in [0.15, 0.2) is 0 Å². The summed E-state index contributed by atoms with van der Waals surface area (Å²) in [6, 6.07) is 72.3. The first-order valence-electron chi connectivity index (χ1n) is 17.9. The van der Waals surface area contributed by atoms with Gasteiger partial charge in [-0.15, -0.1) is 0 Å². The molecule has 0 saturated carbocycles. The first kappa shape index (κ1) is 30.0. The van der Waals surface area contributed by atoms with Crippen molar-refractivity contribution in [2.24, 2.45) is 0 Å². The van der Waals surface area contributed by atoms with E-state index in [-0.39, 0.29) is 0 Å². The van der Waals surface area contributed by atoms with Gasteiger partial charge in [0.05, 0.1) is 22.6 Å². The van der Waals surface area contributed by atoms with Crippen LogP contribution >= 0.6 is 0 Å². The van der Waals surface area contributed by atoms with Crippen molar-refractivity contribution in [3.63, 3.8) is 0 Å². The molecule has 246 valence electrons. The zero-order chi connectivity index (χ0) is 34.4. The van der Waals surface area contributed by atoms with Crippen molar-refractivity contribution in [3.05, 3.63) is 211 Å². The average Bonchev–Trinajstić information content (AvgIpc) is 3.55. The van der Waals surface area contributed by atoms with Crippen molar-refractivity contribution in [2.45, 2.75) is 6.42 Å². The molecule has 0 saturated heterocycles. The van der Waals surface area contributed by atoms with E-state index in [4.69, 9.17) is 0 Å². The van der Waals surface area contributed by atoms with E-state index >= 15 is 0 Å². The number of hydrogen-bond acceptors (Lipinski definition) is 2. The van der Waals surface area contributed by atoms with Crippen LogP contribution in [0, 0.1) is 0 Å². The zero-order valence-corrected chi connectivity index (χ0v) is 28.6. The molecule has 1 aliphatic rings. The molecule has 3 nitrogen and oxygen atoms in total. The van der Waals surface area contributed by atoms with Crippen LogP contribution in [0.1, 0.15) is 11.1 Å². The molecule has 0 aliphatic carbocycles. The van der Waals surface area contributed by atoms with Gasteiger partial charge in [-0.25, -0.2) is 0 Å². The van der Waals surface area contributed by atoms with Gasteiger partial charge in [-0.1, -0.05) is 140 Å². The largest absolute Gasteiger partial charge is 0.309 e. The second-order valence-corrected chi connectivity index (χ2v) is 13.4. The Balaban J connectivity index is 1.18. The maximum Gasteiger partial charge on any atom is 0.127 e. The number of benzene rings is 8. The van der Waals surface area contributed by atoms with Crippen molar-refractivity contribution in [2.75, 3.05) is 9.80 Å². The average molecular weight is 666 g/mol. The van der Waals surface area contributed by atoms with E-state index < -0.39 is 0 Å². The van der Waals surface area contributed by atoms with Crippen molar-refractivity contribution >= 4 is 55.9 Å². The highest BCUT2D eigenvalue weighted by molar-refractivity contribution is 6.02. The van der Waals surface area contributed by atoms with Crippen LogP contribution in [-0.2, 0) is 6.42 Å². The van der Waals surface area contributed by atoms with Gasteiger partial charge in [-0.2, -0.15) is 0 Å². The van der Waals surface area contributed by atoms with Gasteiger partial charge in [-0.3, -0.25) is 9.47 Å². The molecule has 0 spiro atoms. The van der Waals surface area contributed by atoms with Crippen LogP contribution in [0.3, 0.4) is 0 Å². The summed E-state index contributed by atoms with van der Waals surface area (Å²) in [4.78, 5) is 4.89. The zero-order valence-electron chi connectivity index (χ0n) is 28.6. The molecule has 1 aromatic heterocycles. The number of para-hydroxylation sites is 4. The number of aromatic nitrogens is 1. The van der Waals surface area contributed by atoms with Crippen LogP contribution in [-0.4, -0.2) is 4.57 Å². The van der Waals surface area contributed by atoms with Gasteiger partial charge in [0.25, 0.3) is 0 Å². The predicted octanol–water partition coefficient (Wildman–Crippen LogP) is 13.3. The minimum absolute atomic E-state index is 0.881. The molecule has 0 amide bonds. The molecule has 0 radical (unpaired) electrons. The number of hydrogen-bond donors (Lipinski definition) is 0.